The third-order valence-corrected chi connectivity index (χ3v) is 6.43. The van der Waals surface area contributed by atoms with Crippen LogP contribution in [0.4, 0.5) is 15.8 Å². The number of anilines is 2. The Labute approximate surface area is 227 Å². The Kier molecular flexibility index (Phi) is 8.91. The molecule has 3 aromatic carbocycles. The molecule has 1 atom stereocenters. The summed E-state index contributed by atoms with van der Waals surface area (Å²) in [4.78, 5) is 29.6. The van der Waals surface area contributed by atoms with E-state index < -0.39 is 11.9 Å². The summed E-state index contributed by atoms with van der Waals surface area (Å²) in [6.45, 7) is 5.09. The lowest BCUT2D eigenvalue weighted by molar-refractivity contribution is -0.124. The summed E-state index contributed by atoms with van der Waals surface area (Å²) in [6.07, 6.45) is 0.738. The highest BCUT2D eigenvalue weighted by Gasteiger charge is 2.44. The molecule has 1 aliphatic rings. The number of ether oxygens (including phenoxy) is 2. The van der Waals surface area contributed by atoms with E-state index in [1.165, 1.54) is 11.0 Å². The number of carbonyl (C=O) groups is 2. The molecular weight excluding hydrogens is 505 g/mol. The van der Waals surface area contributed by atoms with Crippen LogP contribution in [0.25, 0.3) is 0 Å². The van der Waals surface area contributed by atoms with Gasteiger partial charge in [0.2, 0.25) is 5.91 Å². The number of hydrogen-bond acceptors (Lipinski definition) is 5. The summed E-state index contributed by atoms with van der Waals surface area (Å²) in [5.41, 5.74) is 1.51. The van der Waals surface area contributed by atoms with Crippen LogP contribution in [0.3, 0.4) is 0 Å². The predicted octanol–water partition coefficient (Wildman–Crippen LogP) is 5.54. The second kappa shape index (κ2) is 12.5. The average Bonchev–Trinajstić information content (AvgIpc) is 3.14. The lowest BCUT2D eigenvalue weighted by Gasteiger charge is -2.24. The number of nitrogens with one attached hydrogen (secondary N) is 1. The first-order chi connectivity index (χ1) is 18.4. The second-order valence-electron chi connectivity index (χ2n) is 8.74. The molecule has 1 heterocycles. The summed E-state index contributed by atoms with van der Waals surface area (Å²) in [5.74, 6) is 0.257. The third kappa shape index (κ3) is 6.28. The number of carbonyl (C=O) groups excluding carboxylic acids is 2. The van der Waals surface area contributed by atoms with Crippen LogP contribution >= 0.6 is 12.2 Å². The second-order valence-corrected chi connectivity index (χ2v) is 9.11. The van der Waals surface area contributed by atoms with Crippen molar-refractivity contribution < 1.29 is 23.5 Å². The smallest absolute Gasteiger partial charge is 0.256 e. The maximum Gasteiger partial charge on any atom is 0.256 e. The van der Waals surface area contributed by atoms with Crippen molar-refractivity contribution in [3.63, 3.8) is 0 Å². The van der Waals surface area contributed by atoms with Crippen molar-refractivity contribution in [1.29, 1.82) is 0 Å². The minimum atomic E-state index is -0.902. The molecule has 1 saturated heterocycles. The van der Waals surface area contributed by atoms with Gasteiger partial charge in [-0.05, 0) is 80.2 Å². The van der Waals surface area contributed by atoms with Gasteiger partial charge in [0, 0.05) is 17.8 Å². The van der Waals surface area contributed by atoms with Gasteiger partial charge in [0.1, 0.15) is 23.4 Å². The van der Waals surface area contributed by atoms with E-state index in [9.17, 15) is 14.0 Å². The summed E-state index contributed by atoms with van der Waals surface area (Å²) in [5, 5.41) is 3.04. The molecule has 4 rings (SSSR count). The van der Waals surface area contributed by atoms with E-state index in [-0.39, 0.29) is 29.9 Å². The quantitative estimate of drug-likeness (QED) is 0.325. The molecule has 1 N–H and O–H groups in total. The normalized spacial score (nSPS) is 15.1. The van der Waals surface area contributed by atoms with Crippen LogP contribution in [0, 0.1) is 5.82 Å². The van der Waals surface area contributed by atoms with Crippen molar-refractivity contribution in [2.45, 2.75) is 39.3 Å². The van der Waals surface area contributed by atoms with Crippen LogP contribution in [0.1, 0.15) is 32.3 Å². The fraction of sp³-hybridized carbons (Fsp3) is 0.276. The molecule has 0 radical (unpaired) electrons. The summed E-state index contributed by atoms with van der Waals surface area (Å²) in [7, 11) is 0. The van der Waals surface area contributed by atoms with Crippen molar-refractivity contribution in [3.8, 4) is 11.5 Å². The van der Waals surface area contributed by atoms with E-state index in [2.05, 4.69) is 5.32 Å². The van der Waals surface area contributed by atoms with Crippen LogP contribution in [0.2, 0.25) is 0 Å². The van der Waals surface area contributed by atoms with Gasteiger partial charge in [-0.1, -0.05) is 25.1 Å². The van der Waals surface area contributed by atoms with Crippen LogP contribution in [-0.2, 0) is 16.1 Å². The van der Waals surface area contributed by atoms with Crippen molar-refractivity contribution >= 4 is 40.5 Å². The molecule has 7 nitrogen and oxygen atoms in total. The largest absolute Gasteiger partial charge is 0.494 e. The van der Waals surface area contributed by atoms with E-state index in [1.807, 2.05) is 13.8 Å². The van der Waals surface area contributed by atoms with Gasteiger partial charge in [-0.15, -0.1) is 0 Å². The summed E-state index contributed by atoms with van der Waals surface area (Å²) >= 11 is 5.69. The average molecular weight is 536 g/mol. The zero-order valence-corrected chi connectivity index (χ0v) is 22.2. The van der Waals surface area contributed by atoms with Gasteiger partial charge in [0.25, 0.3) is 5.91 Å². The van der Waals surface area contributed by atoms with Crippen molar-refractivity contribution in [1.82, 2.24) is 4.90 Å². The Balaban J connectivity index is 1.55. The highest BCUT2D eigenvalue weighted by atomic mass is 32.1. The van der Waals surface area contributed by atoms with Crippen LogP contribution in [-0.4, -0.2) is 41.1 Å². The predicted molar refractivity (Wildman–Crippen MR) is 149 cm³/mol. The molecule has 3 aromatic rings. The molecule has 1 aliphatic heterocycles. The first-order valence-corrected chi connectivity index (χ1v) is 13.0. The monoisotopic (exact) mass is 535 g/mol. The molecule has 0 saturated carbocycles. The first-order valence-electron chi connectivity index (χ1n) is 12.5. The third-order valence-electron chi connectivity index (χ3n) is 6.01. The summed E-state index contributed by atoms with van der Waals surface area (Å²) in [6, 6.07) is 19.4. The van der Waals surface area contributed by atoms with E-state index >= 15 is 0 Å². The Hall–Kier alpha value is -3.98. The van der Waals surface area contributed by atoms with Gasteiger partial charge in [-0.2, -0.15) is 0 Å². The Bertz CT molecular complexity index is 1280. The minimum absolute atomic E-state index is 0.0478. The number of nitrogens with zero attached hydrogens (tertiary/aromatic N) is 2. The topological polar surface area (TPSA) is 71.1 Å². The lowest BCUT2D eigenvalue weighted by Crippen LogP contribution is -2.37. The van der Waals surface area contributed by atoms with Crippen LogP contribution in [0.15, 0.2) is 72.8 Å². The van der Waals surface area contributed by atoms with Gasteiger partial charge < -0.3 is 19.7 Å². The lowest BCUT2D eigenvalue weighted by atomic mass is 10.1. The fourth-order valence-corrected chi connectivity index (χ4v) is 4.55. The van der Waals surface area contributed by atoms with Gasteiger partial charge in [0.05, 0.1) is 25.3 Å². The van der Waals surface area contributed by atoms with Gasteiger partial charge in [-0.25, -0.2) is 4.39 Å². The number of thiocarbonyl (C=S) groups is 1. The Morgan fingerprint density at radius 1 is 0.974 bits per heavy atom. The van der Waals surface area contributed by atoms with Gasteiger partial charge in [0.15, 0.2) is 5.11 Å². The number of hydrogen-bond donors (Lipinski definition) is 1. The fourth-order valence-electron chi connectivity index (χ4n) is 4.16. The van der Waals surface area contributed by atoms with E-state index in [4.69, 9.17) is 21.7 Å². The standard InChI is InChI=1S/C29H30FN3O4S/c1-3-17-37-24-13-9-21(10-14-24)31-27(34)18-26-28(35)33(22-11-15-23(16-12-22)36-4-2)29(38)32(26)19-20-7-5-6-8-25(20)30/h5-16,26H,3-4,17-19H2,1-2H3,(H,31,34). The molecule has 0 aromatic heterocycles. The highest BCUT2D eigenvalue weighted by molar-refractivity contribution is 7.80. The zero-order valence-electron chi connectivity index (χ0n) is 21.4. The molecule has 38 heavy (non-hydrogen) atoms. The molecule has 0 spiro atoms. The van der Waals surface area contributed by atoms with Crippen molar-refractivity contribution in [3.05, 3.63) is 84.2 Å². The SMILES string of the molecule is CCCOc1ccc(NC(=O)CC2C(=O)N(c3ccc(OCC)cc3)C(=S)N2Cc2ccccc2F)cc1. The molecular formula is C29H30FN3O4S. The van der Waals surface area contributed by atoms with Crippen LogP contribution in [0.5, 0.6) is 11.5 Å². The maximum atomic E-state index is 14.5. The van der Waals surface area contributed by atoms with E-state index in [0.717, 1.165) is 6.42 Å². The van der Waals surface area contributed by atoms with Crippen molar-refractivity contribution in [2.24, 2.45) is 0 Å². The van der Waals surface area contributed by atoms with E-state index in [1.54, 1.807) is 71.6 Å². The highest BCUT2D eigenvalue weighted by Crippen LogP contribution is 2.30. The maximum absolute atomic E-state index is 14.5. The molecule has 2 amide bonds. The van der Waals surface area contributed by atoms with Crippen LogP contribution < -0.4 is 19.7 Å². The Morgan fingerprint density at radius 2 is 1.63 bits per heavy atom. The molecule has 0 bridgehead atoms. The Morgan fingerprint density at radius 3 is 2.29 bits per heavy atom. The molecule has 1 fully saturated rings. The number of rotatable bonds is 11. The van der Waals surface area contributed by atoms with Gasteiger partial charge in [-0.3, -0.25) is 14.5 Å². The zero-order chi connectivity index (χ0) is 27.1. The van der Waals surface area contributed by atoms with Crippen molar-refractivity contribution in [2.75, 3.05) is 23.4 Å². The minimum Gasteiger partial charge on any atom is -0.494 e. The number of halogens is 1. The van der Waals surface area contributed by atoms with E-state index in [0.29, 0.717) is 41.7 Å². The van der Waals surface area contributed by atoms with Gasteiger partial charge >= 0.3 is 0 Å². The first kappa shape index (κ1) is 27.1. The molecule has 9 heteroatoms. The molecule has 0 aliphatic carbocycles. The number of benzene rings is 3. The number of amides is 2. The molecule has 1 unspecified atom stereocenters. The summed E-state index contributed by atoms with van der Waals surface area (Å²) < 4.78 is 25.6. The molecule has 198 valence electrons.